The normalized spacial score (nSPS) is 10.7. The maximum atomic E-state index is 13.2. The van der Waals surface area contributed by atoms with Crippen LogP contribution in [0.5, 0.6) is 0 Å². The van der Waals surface area contributed by atoms with Crippen LogP contribution in [0.1, 0.15) is 24.5 Å². The van der Waals surface area contributed by atoms with Gasteiger partial charge in [0.15, 0.2) is 0 Å². The van der Waals surface area contributed by atoms with Crippen molar-refractivity contribution in [3.63, 3.8) is 0 Å². The Morgan fingerprint density at radius 1 is 1.50 bits per heavy atom. The summed E-state index contributed by atoms with van der Waals surface area (Å²) >= 11 is 0. The summed E-state index contributed by atoms with van der Waals surface area (Å²) in [4.78, 5) is 11.0. The molecule has 0 N–H and O–H groups in total. The quantitative estimate of drug-likeness (QED) is 0.732. The minimum atomic E-state index is -0.271. The zero-order valence-corrected chi connectivity index (χ0v) is 9.50. The van der Waals surface area contributed by atoms with E-state index in [0.29, 0.717) is 12.2 Å². The van der Waals surface area contributed by atoms with Crippen LogP contribution in [-0.4, -0.2) is 12.6 Å². The van der Waals surface area contributed by atoms with Gasteiger partial charge in [-0.05, 0) is 31.0 Å². The van der Waals surface area contributed by atoms with E-state index in [-0.39, 0.29) is 18.2 Å². The van der Waals surface area contributed by atoms with Gasteiger partial charge in [0.1, 0.15) is 5.82 Å². The molecule has 16 heavy (non-hydrogen) atoms. The molecule has 1 aromatic rings. The molecule has 0 bridgehead atoms. The van der Waals surface area contributed by atoms with Gasteiger partial charge in [0.2, 0.25) is 0 Å². The van der Waals surface area contributed by atoms with Crippen molar-refractivity contribution in [2.24, 2.45) is 0 Å². The lowest BCUT2D eigenvalue weighted by Gasteiger charge is -2.01. The van der Waals surface area contributed by atoms with Crippen molar-refractivity contribution in [1.82, 2.24) is 0 Å². The van der Waals surface area contributed by atoms with Crippen LogP contribution in [0.15, 0.2) is 24.3 Å². The molecule has 0 radical (unpaired) electrons. The van der Waals surface area contributed by atoms with Crippen molar-refractivity contribution in [3.8, 4) is 0 Å². The zero-order valence-electron chi connectivity index (χ0n) is 9.50. The number of hydrogen-bond donors (Lipinski definition) is 0. The predicted octanol–water partition coefficient (Wildman–Crippen LogP) is 3.10. The van der Waals surface area contributed by atoms with Gasteiger partial charge in [-0.2, -0.15) is 0 Å². The average molecular weight is 222 g/mol. The summed E-state index contributed by atoms with van der Waals surface area (Å²) in [5.41, 5.74) is 1.37. The van der Waals surface area contributed by atoms with Crippen LogP contribution in [0.3, 0.4) is 0 Å². The second-order valence-electron chi connectivity index (χ2n) is 3.37. The van der Waals surface area contributed by atoms with Gasteiger partial charge in [-0.1, -0.05) is 24.3 Å². The van der Waals surface area contributed by atoms with Crippen LogP contribution in [0.2, 0.25) is 0 Å². The number of benzene rings is 1. The first-order valence-corrected chi connectivity index (χ1v) is 5.22. The Labute approximate surface area is 94.7 Å². The summed E-state index contributed by atoms with van der Waals surface area (Å²) in [6, 6.07) is 4.87. The Hall–Kier alpha value is -1.64. The molecule has 0 fully saturated rings. The largest absolute Gasteiger partial charge is 0.466 e. The second kappa shape index (κ2) is 6.05. The third-order valence-electron chi connectivity index (χ3n) is 2.20. The van der Waals surface area contributed by atoms with E-state index in [0.717, 1.165) is 5.56 Å². The monoisotopic (exact) mass is 222 g/mol. The molecule has 0 heterocycles. The minimum absolute atomic E-state index is 0.212. The fourth-order valence-corrected chi connectivity index (χ4v) is 1.31. The molecule has 0 aliphatic carbocycles. The first-order chi connectivity index (χ1) is 7.65. The highest BCUT2D eigenvalue weighted by Crippen LogP contribution is 2.13. The molecule has 0 saturated carbocycles. The minimum Gasteiger partial charge on any atom is -0.466 e. The van der Waals surface area contributed by atoms with Gasteiger partial charge in [-0.15, -0.1) is 0 Å². The summed E-state index contributed by atoms with van der Waals surface area (Å²) in [5, 5.41) is 0. The average Bonchev–Trinajstić information content (AvgIpc) is 2.25. The lowest BCUT2D eigenvalue weighted by molar-refractivity contribution is -0.142. The van der Waals surface area contributed by atoms with E-state index in [1.54, 1.807) is 38.1 Å². The Morgan fingerprint density at radius 3 is 2.94 bits per heavy atom. The topological polar surface area (TPSA) is 26.3 Å². The number of rotatable bonds is 4. The first-order valence-electron chi connectivity index (χ1n) is 5.22. The number of ether oxygens (including phenoxy) is 1. The molecule has 0 amide bonds. The van der Waals surface area contributed by atoms with Crippen molar-refractivity contribution in [2.75, 3.05) is 6.61 Å². The third kappa shape index (κ3) is 3.50. The molecule has 86 valence electrons. The molecule has 0 spiro atoms. The number of esters is 1. The van der Waals surface area contributed by atoms with Gasteiger partial charge < -0.3 is 4.74 Å². The smallest absolute Gasteiger partial charge is 0.309 e. The number of carbonyl (C=O) groups excluding carboxylic acids is 1. The summed E-state index contributed by atoms with van der Waals surface area (Å²) in [6.45, 7) is 3.85. The van der Waals surface area contributed by atoms with Crippen LogP contribution < -0.4 is 0 Å². The molecule has 1 aromatic carbocycles. The predicted molar refractivity (Wildman–Crippen MR) is 61.4 cm³/mol. The van der Waals surface area contributed by atoms with E-state index in [4.69, 9.17) is 4.74 Å². The van der Waals surface area contributed by atoms with E-state index >= 15 is 0 Å². The first kappa shape index (κ1) is 12.4. The van der Waals surface area contributed by atoms with Gasteiger partial charge in [0.05, 0.1) is 13.0 Å². The summed E-state index contributed by atoms with van der Waals surface area (Å²) < 4.78 is 17.9. The van der Waals surface area contributed by atoms with E-state index < -0.39 is 0 Å². The van der Waals surface area contributed by atoms with Crippen LogP contribution >= 0.6 is 0 Å². The zero-order chi connectivity index (χ0) is 12.0. The van der Waals surface area contributed by atoms with Gasteiger partial charge in [-0.25, -0.2) is 4.39 Å². The maximum Gasteiger partial charge on any atom is 0.309 e. The molecule has 1 rings (SSSR count). The number of hydrogen-bond acceptors (Lipinski definition) is 2. The fraction of sp³-hybridized carbons (Fsp3) is 0.308. The molecule has 2 nitrogen and oxygen atoms in total. The van der Waals surface area contributed by atoms with Crippen molar-refractivity contribution < 1.29 is 13.9 Å². The standard InChI is InChI=1S/C13H15FO2/c1-3-16-13(15)9-5-7-11-6-4-8-12(14)10(11)2/h4-8H,3,9H2,1-2H3. The highest BCUT2D eigenvalue weighted by molar-refractivity contribution is 5.72. The summed E-state index contributed by atoms with van der Waals surface area (Å²) in [5.74, 6) is -0.508. The Morgan fingerprint density at radius 2 is 2.25 bits per heavy atom. The van der Waals surface area contributed by atoms with Gasteiger partial charge in [0, 0.05) is 0 Å². The molecule has 0 aromatic heterocycles. The number of halogens is 1. The van der Waals surface area contributed by atoms with Crippen molar-refractivity contribution in [2.45, 2.75) is 20.3 Å². The van der Waals surface area contributed by atoms with Gasteiger partial charge >= 0.3 is 5.97 Å². The van der Waals surface area contributed by atoms with Crippen LogP contribution in [-0.2, 0) is 9.53 Å². The van der Waals surface area contributed by atoms with E-state index in [1.165, 1.54) is 6.07 Å². The van der Waals surface area contributed by atoms with Crippen molar-refractivity contribution in [3.05, 3.63) is 41.2 Å². The Bertz CT molecular complexity index is 397. The number of carbonyl (C=O) groups is 1. The highest BCUT2D eigenvalue weighted by Gasteiger charge is 2.00. The van der Waals surface area contributed by atoms with E-state index in [9.17, 15) is 9.18 Å². The maximum absolute atomic E-state index is 13.2. The van der Waals surface area contributed by atoms with Crippen LogP contribution in [0.4, 0.5) is 4.39 Å². The lowest BCUT2D eigenvalue weighted by Crippen LogP contribution is -2.01. The van der Waals surface area contributed by atoms with E-state index in [2.05, 4.69) is 0 Å². The summed E-state index contributed by atoms with van der Waals surface area (Å²) in [6.07, 6.45) is 3.62. The molecule has 0 unspecified atom stereocenters. The van der Waals surface area contributed by atoms with E-state index in [1.807, 2.05) is 0 Å². The Balaban J connectivity index is 2.63. The SMILES string of the molecule is CCOC(=O)CC=Cc1cccc(F)c1C. The van der Waals surface area contributed by atoms with Crippen LogP contribution in [0, 0.1) is 12.7 Å². The molecule has 0 aliphatic rings. The Kier molecular flexibility index (Phi) is 4.70. The second-order valence-corrected chi connectivity index (χ2v) is 3.37. The highest BCUT2D eigenvalue weighted by atomic mass is 19.1. The fourth-order valence-electron chi connectivity index (χ4n) is 1.31. The molecular weight excluding hydrogens is 207 g/mol. The summed E-state index contributed by atoms with van der Waals surface area (Å²) in [7, 11) is 0. The molecule has 3 heteroatoms. The molecule has 0 aliphatic heterocycles. The van der Waals surface area contributed by atoms with Gasteiger partial charge in [-0.3, -0.25) is 4.79 Å². The molecule has 0 saturated heterocycles. The lowest BCUT2D eigenvalue weighted by atomic mass is 10.1. The van der Waals surface area contributed by atoms with Crippen molar-refractivity contribution in [1.29, 1.82) is 0 Å². The van der Waals surface area contributed by atoms with Crippen molar-refractivity contribution >= 4 is 12.0 Å². The third-order valence-corrected chi connectivity index (χ3v) is 2.20. The van der Waals surface area contributed by atoms with Gasteiger partial charge in [0.25, 0.3) is 0 Å². The molecule has 0 atom stereocenters. The van der Waals surface area contributed by atoms with Crippen LogP contribution in [0.25, 0.3) is 6.08 Å². The molecular formula is C13H15FO2.